The molecule has 3 fully saturated rings. The number of hydrogen-bond donors (Lipinski definition) is 0. The highest BCUT2D eigenvalue weighted by atomic mass is 16.5. The Hall–Kier alpha value is -0.790. The van der Waals surface area contributed by atoms with Crippen LogP contribution in [0.4, 0.5) is 0 Å². The Labute approximate surface area is 198 Å². The minimum Gasteiger partial charge on any atom is -0.458 e. The van der Waals surface area contributed by atoms with Crippen LogP contribution in [0.2, 0.25) is 0 Å². The summed E-state index contributed by atoms with van der Waals surface area (Å²) in [5.74, 6) is 6.01. The number of fused-ring (bicyclic) bond motifs is 5. The van der Waals surface area contributed by atoms with Gasteiger partial charge in [-0.1, -0.05) is 60.0 Å². The molecule has 3 saturated carbocycles. The molecule has 0 N–H and O–H groups in total. The van der Waals surface area contributed by atoms with Gasteiger partial charge < -0.3 is 4.74 Å². The van der Waals surface area contributed by atoms with E-state index in [2.05, 4.69) is 47.6 Å². The van der Waals surface area contributed by atoms with Gasteiger partial charge in [-0.2, -0.15) is 0 Å². The molecule has 4 aliphatic rings. The Bertz CT molecular complexity index is 722. The first-order chi connectivity index (χ1) is 15.1. The number of hydrogen-bond acceptors (Lipinski definition) is 2. The summed E-state index contributed by atoms with van der Waals surface area (Å²) in [5, 5.41) is 0. The third-order valence-electron chi connectivity index (χ3n) is 11.4. The maximum Gasteiger partial charge on any atom is 0.303 e. The van der Waals surface area contributed by atoms with Crippen LogP contribution in [0.5, 0.6) is 0 Å². The van der Waals surface area contributed by atoms with E-state index in [4.69, 9.17) is 4.74 Å². The molecule has 0 aliphatic heterocycles. The molecular formula is C30H50O2. The zero-order chi connectivity index (χ0) is 23.3. The van der Waals surface area contributed by atoms with Crippen LogP contribution >= 0.6 is 0 Å². The van der Waals surface area contributed by atoms with Crippen LogP contribution in [0, 0.1) is 52.3 Å². The van der Waals surface area contributed by atoms with Crippen LogP contribution in [0.15, 0.2) is 11.6 Å². The monoisotopic (exact) mass is 442 g/mol. The lowest BCUT2D eigenvalue weighted by molar-refractivity contribution is -0.145. The summed E-state index contributed by atoms with van der Waals surface area (Å²) in [6.45, 7) is 16.6. The van der Waals surface area contributed by atoms with E-state index in [0.717, 1.165) is 47.8 Å². The quantitative estimate of drug-likeness (QED) is 0.306. The molecule has 0 radical (unpaired) electrons. The SMILES string of the molecule is CC(=O)O[C@@H]1C=C2CC[C@@H]3[C@H]4CC[C@H]([C@H](C)CC[C@H](C)C(C)C)[C@@]4(C)CC[C@H]3[C@@]2(C)CC1. The molecule has 4 rings (SSSR count). The molecule has 4 aliphatic carbocycles. The van der Waals surface area contributed by atoms with Crippen LogP contribution < -0.4 is 0 Å². The van der Waals surface area contributed by atoms with Crippen LogP contribution in [0.25, 0.3) is 0 Å². The summed E-state index contributed by atoms with van der Waals surface area (Å²) in [5.41, 5.74) is 2.52. The third-order valence-corrected chi connectivity index (χ3v) is 11.4. The van der Waals surface area contributed by atoms with Crippen molar-refractivity contribution in [2.24, 2.45) is 52.3 Å². The summed E-state index contributed by atoms with van der Waals surface area (Å²) in [7, 11) is 0. The fourth-order valence-electron chi connectivity index (χ4n) is 9.04. The number of allylic oxidation sites excluding steroid dienone is 1. The number of carbonyl (C=O) groups is 1. The largest absolute Gasteiger partial charge is 0.458 e. The van der Waals surface area contributed by atoms with Gasteiger partial charge in [0.1, 0.15) is 6.10 Å². The zero-order valence-corrected chi connectivity index (χ0v) is 22.1. The highest BCUT2D eigenvalue weighted by Gasteiger charge is 2.59. The molecule has 9 atom stereocenters. The van der Waals surface area contributed by atoms with E-state index >= 15 is 0 Å². The summed E-state index contributed by atoms with van der Waals surface area (Å²) in [4.78, 5) is 11.5. The van der Waals surface area contributed by atoms with Gasteiger partial charge in [0.2, 0.25) is 0 Å². The molecule has 2 heteroatoms. The van der Waals surface area contributed by atoms with Gasteiger partial charge in [0.25, 0.3) is 0 Å². The highest BCUT2D eigenvalue weighted by molar-refractivity contribution is 5.66. The van der Waals surface area contributed by atoms with Gasteiger partial charge in [-0.3, -0.25) is 4.79 Å². The van der Waals surface area contributed by atoms with Gasteiger partial charge in [0, 0.05) is 6.92 Å². The standard InChI is InChI=1S/C30H50O2/c1-19(2)20(3)8-9-21(4)26-12-13-27-25-11-10-23-18-24(32-22(5)31)14-16-29(23,6)28(25)15-17-30(26,27)7/h18-21,24-28H,8-17H2,1-7H3/t20-,21+,24-,25+,26+,27+,28+,29-,30+/m0/s1. The first kappa shape index (κ1) is 24.3. The summed E-state index contributed by atoms with van der Waals surface area (Å²) in [6, 6.07) is 0. The van der Waals surface area contributed by atoms with Crippen molar-refractivity contribution in [3.05, 3.63) is 11.6 Å². The fourth-order valence-corrected chi connectivity index (χ4v) is 9.04. The maximum atomic E-state index is 11.5. The van der Waals surface area contributed by atoms with Crippen LogP contribution in [0.3, 0.4) is 0 Å². The van der Waals surface area contributed by atoms with Gasteiger partial charge in [-0.05, 0) is 110 Å². The Morgan fingerprint density at radius 2 is 1.75 bits per heavy atom. The van der Waals surface area contributed by atoms with Crippen molar-refractivity contribution in [2.75, 3.05) is 0 Å². The molecule has 0 unspecified atom stereocenters. The number of carbonyl (C=O) groups excluding carboxylic acids is 1. The number of rotatable bonds is 6. The minimum absolute atomic E-state index is 0.0194. The van der Waals surface area contributed by atoms with Gasteiger partial charge in [0.15, 0.2) is 0 Å². The van der Waals surface area contributed by atoms with Crippen molar-refractivity contribution in [1.29, 1.82) is 0 Å². The first-order valence-electron chi connectivity index (χ1n) is 13.9. The Morgan fingerprint density at radius 1 is 1.00 bits per heavy atom. The van der Waals surface area contributed by atoms with Gasteiger partial charge in [-0.25, -0.2) is 0 Å². The van der Waals surface area contributed by atoms with Crippen molar-refractivity contribution in [1.82, 2.24) is 0 Å². The number of ether oxygens (including phenoxy) is 1. The smallest absolute Gasteiger partial charge is 0.303 e. The van der Waals surface area contributed by atoms with Gasteiger partial charge >= 0.3 is 5.97 Å². The first-order valence-corrected chi connectivity index (χ1v) is 13.9. The van der Waals surface area contributed by atoms with E-state index < -0.39 is 0 Å². The molecule has 2 nitrogen and oxygen atoms in total. The molecule has 0 amide bonds. The van der Waals surface area contributed by atoms with Crippen LogP contribution in [0.1, 0.15) is 113 Å². The van der Waals surface area contributed by atoms with Crippen molar-refractivity contribution in [3.63, 3.8) is 0 Å². The molecule has 0 aromatic heterocycles. The predicted octanol–water partition coefficient (Wildman–Crippen LogP) is 8.21. The lowest BCUT2D eigenvalue weighted by atomic mass is 9.46. The molecular weight excluding hydrogens is 392 g/mol. The second-order valence-electron chi connectivity index (χ2n) is 13.2. The highest BCUT2D eigenvalue weighted by Crippen LogP contribution is 2.67. The zero-order valence-electron chi connectivity index (χ0n) is 22.1. The topological polar surface area (TPSA) is 26.3 Å². The normalized spacial score (nSPS) is 43.0. The summed E-state index contributed by atoms with van der Waals surface area (Å²) < 4.78 is 5.59. The molecule has 32 heavy (non-hydrogen) atoms. The Morgan fingerprint density at radius 3 is 2.44 bits per heavy atom. The van der Waals surface area contributed by atoms with E-state index in [1.54, 1.807) is 12.5 Å². The predicted molar refractivity (Wildman–Crippen MR) is 133 cm³/mol. The number of esters is 1. The Balaban J connectivity index is 1.47. The van der Waals surface area contributed by atoms with Crippen molar-refractivity contribution >= 4 is 5.97 Å². The lowest BCUT2D eigenvalue weighted by Gasteiger charge is -2.59. The third kappa shape index (κ3) is 4.22. The molecule has 0 aromatic rings. The molecule has 0 saturated heterocycles. The molecule has 0 aromatic carbocycles. The average molecular weight is 443 g/mol. The summed E-state index contributed by atoms with van der Waals surface area (Å²) in [6.07, 6.45) is 15.8. The second-order valence-corrected chi connectivity index (χ2v) is 13.2. The maximum absolute atomic E-state index is 11.5. The van der Waals surface area contributed by atoms with E-state index in [1.165, 1.54) is 57.8 Å². The molecule has 0 spiro atoms. The summed E-state index contributed by atoms with van der Waals surface area (Å²) >= 11 is 0. The lowest BCUT2D eigenvalue weighted by Crippen LogP contribution is -2.51. The van der Waals surface area contributed by atoms with Crippen molar-refractivity contribution in [3.8, 4) is 0 Å². The van der Waals surface area contributed by atoms with Gasteiger partial charge in [-0.15, -0.1) is 0 Å². The van der Waals surface area contributed by atoms with E-state index in [9.17, 15) is 4.79 Å². The second kappa shape index (κ2) is 9.10. The molecule has 182 valence electrons. The van der Waals surface area contributed by atoms with Gasteiger partial charge in [0.05, 0.1) is 0 Å². The van der Waals surface area contributed by atoms with Crippen molar-refractivity contribution in [2.45, 2.75) is 119 Å². The molecule has 0 heterocycles. The minimum atomic E-state index is -0.133. The fraction of sp³-hybridized carbons (Fsp3) is 0.900. The average Bonchev–Trinajstić information content (AvgIpc) is 3.08. The van der Waals surface area contributed by atoms with Crippen LogP contribution in [-0.4, -0.2) is 12.1 Å². The Kier molecular flexibility index (Phi) is 6.92. The van der Waals surface area contributed by atoms with E-state index in [-0.39, 0.29) is 12.1 Å². The van der Waals surface area contributed by atoms with Crippen molar-refractivity contribution < 1.29 is 9.53 Å². The van der Waals surface area contributed by atoms with E-state index in [1.807, 2.05) is 0 Å². The van der Waals surface area contributed by atoms with E-state index in [0.29, 0.717) is 10.8 Å². The van der Waals surface area contributed by atoms with Crippen LogP contribution in [-0.2, 0) is 9.53 Å². The molecule has 0 bridgehead atoms.